The first-order valence-electron chi connectivity index (χ1n) is 17.9. The van der Waals surface area contributed by atoms with E-state index >= 15 is 0 Å². The minimum Gasteiger partial charge on any atom is -0.358 e. The lowest BCUT2D eigenvalue weighted by Crippen LogP contribution is -2.32. The van der Waals surface area contributed by atoms with E-state index in [-0.39, 0.29) is 35.7 Å². The quantitative estimate of drug-likeness (QED) is 0.0496. The summed E-state index contributed by atoms with van der Waals surface area (Å²) in [6, 6.07) is 0. The first kappa shape index (κ1) is 44.0. The van der Waals surface area contributed by atoms with E-state index in [0.29, 0.717) is 88.7 Å². The van der Waals surface area contributed by atoms with Crippen LogP contribution in [0.5, 0.6) is 0 Å². The predicted molar refractivity (Wildman–Crippen MR) is 202 cm³/mol. The molecule has 23 heteroatoms. The lowest BCUT2D eigenvalue weighted by molar-refractivity contribution is -0.392. The first-order valence-corrected chi connectivity index (χ1v) is 17.9. The number of aryl methyl sites for hydroxylation is 4. The van der Waals surface area contributed by atoms with Crippen molar-refractivity contribution in [1.82, 2.24) is 48.0 Å². The number of hydrogen-bond donors (Lipinski definition) is 0. The molecular formula is C32H49ClN14O8. The van der Waals surface area contributed by atoms with Gasteiger partial charge in [0.15, 0.2) is 23.3 Å². The van der Waals surface area contributed by atoms with Gasteiger partial charge in [-0.1, -0.05) is 25.7 Å². The van der Waals surface area contributed by atoms with E-state index in [2.05, 4.69) is 29.7 Å². The lowest BCUT2D eigenvalue weighted by Gasteiger charge is -2.22. The highest BCUT2D eigenvalue weighted by atomic mass is 35.5. The summed E-state index contributed by atoms with van der Waals surface area (Å²) >= 11 is 0. The average Bonchev–Trinajstić information content (AvgIpc) is 3.89. The summed E-state index contributed by atoms with van der Waals surface area (Å²) < 4.78 is 6.27. The predicted octanol–water partition coefficient (Wildman–Crippen LogP) is 4.81. The number of halogens is 1. The zero-order chi connectivity index (χ0) is 39.4. The van der Waals surface area contributed by atoms with Crippen molar-refractivity contribution in [2.45, 2.75) is 92.4 Å². The molecule has 4 aromatic rings. The fourth-order valence-corrected chi connectivity index (χ4v) is 6.53. The summed E-state index contributed by atoms with van der Waals surface area (Å²) in [5.74, 6) is 1.84. The van der Waals surface area contributed by atoms with Crippen LogP contribution in [0.15, 0.2) is 24.8 Å². The molecule has 0 N–H and O–H groups in total. The van der Waals surface area contributed by atoms with Crippen molar-refractivity contribution in [1.29, 1.82) is 0 Å². The second-order valence-corrected chi connectivity index (χ2v) is 13.1. The number of imidazole rings is 4. The summed E-state index contributed by atoms with van der Waals surface area (Å²) in [4.78, 5) is 64.9. The van der Waals surface area contributed by atoms with Crippen LogP contribution in [-0.2, 0) is 26.2 Å². The topological polar surface area (TPSA) is 250 Å². The summed E-state index contributed by atoms with van der Waals surface area (Å²) in [6.07, 6.45) is 10.6. The fraction of sp³-hybridized carbons (Fsp3) is 0.625. The summed E-state index contributed by atoms with van der Waals surface area (Å²) in [5, 5.41) is 46.1. The summed E-state index contributed by atoms with van der Waals surface area (Å²) in [6.45, 7) is 11.7. The van der Waals surface area contributed by atoms with Gasteiger partial charge in [-0.25, -0.2) is 38.2 Å². The number of hydrogen-bond acceptors (Lipinski definition) is 14. The highest BCUT2D eigenvalue weighted by Crippen LogP contribution is 2.18. The van der Waals surface area contributed by atoms with Gasteiger partial charge in [-0.15, -0.1) is 12.4 Å². The van der Waals surface area contributed by atoms with Gasteiger partial charge in [0.25, 0.3) is 0 Å². The molecule has 302 valence electrons. The van der Waals surface area contributed by atoms with E-state index in [1.807, 2.05) is 0 Å². The molecule has 55 heavy (non-hydrogen) atoms. The molecule has 0 bridgehead atoms. The van der Waals surface area contributed by atoms with Crippen molar-refractivity contribution < 1.29 is 19.7 Å². The van der Waals surface area contributed by atoms with Crippen molar-refractivity contribution in [2.75, 3.05) is 39.3 Å². The third kappa shape index (κ3) is 12.1. The molecule has 0 fully saturated rings. The molecule has 0 aliphatic rings. The van der Waals surface area contributed by atoms with E-state index < -0.39 is 19.7 Å². The Hall–Kier alpha value is -5.35. The van der Waals surface area contributed by atoms with Gasteiger partial charge in [-0.05, 0) is 45.6 Å². The number of nitro groups is 4. The average molecular weight is 793 g/mol. The van der Waals surface area contributed by atoms with Gasteiger partial charge in [0.1, 0.15) is 51.0 Å². The van der Waals surface area contributed by atoms with Gasteiger partial charge in [0, 0.05) is 53.9 Å². The second-order valence-electron chi connectivity index (χ2n) is 13.1. The fourth-order valence-electron chi connectivity index (χ4n) is 6.53. The Morgan fingerprint density at radius 3 is 0.873 bits per heavy atom. The Kier molecular flexibility index (Phi) is 16.8. The number of rotatable bonds is 25. The molecule has 4 aromatic heterocycles. The molecule has 0 radical (unpaired) electrons. The van der Waals surface area contributed by atoms with Crippen LogP contribution in [0.2, 0.25) is 0 Å². The number of aromatic nitrogens is 8. The molecule has 0 saturated heterocycles. The number of unbranched alkanes of at least 4 members (excludes halogenated alkanes) is 5. The molecule has 0 saturated carbocycles. The van der Waals surface area contributed by atoms with Crippen molar-refractivity contribution in [3.63, 3.8) is 0 Å². The first-order chi connectivity index (χ1) is 25.8. The highest BCUT2D eigenvalue weighted by molar-refractivity contribution is 5.85. The Labute approximate surface area is 323 Å². The van der Waals surface area contributed by atoms with Crippen molar-refractivity contribution in [2.24, 2.45) is 0 Å². The van der Waals surface area contributed by atoms with Gasteiger partial charge in [0.2, 0.25) is 0 Å². The van der Waals surface area contributed by atoms with E-state index in [9.17, 15) is 40.5 Å². The van der Waals surface area contributed by atoms with Crippen LogP contribution in [0.25, 0.3) is 0 Å². The maximum Gasteiger partial charge on any atom is 0.342 e. The van der Waals surface area contributed by atoms with Crippen LogP contribution >= 0.6 is 12.4 Å². The minimum atomic E-state index is -0.457. The Morgan fingerprint density at radius 2 is 0.655 bits per heavy atom. The van der Waals surface area contributed by atoms with Gasteiger partial charge in [0.05, 0.1) is 0 Å². The maximum atomic E-state index is 11.5. The van der Waals surface area contributed by atoms with Crippen LogP contribution < -0.4 is 0 Å². The normalized spacial score (nSPS) is 11.4. The van der Waals surface area contributed by atoms with E-state index in [1.54, 1.807) is 46.0 Å². The monoisotopic (exact) mass is 792 g/mol. The third-order valence-electron chi connectivity index (χ3n) is 9.64. The molecule has 4 rings (SSSR count). The summed E-state index contributed by atoms with van der Waals surface area (Å²) in [5.41, 5.74) is 0. The maximum absolute atomic E-state index is 11.5. The molecule has 0 aromatic carbocycles. The highest BCUT2D eigenvalue weighted by Gasteiger charge is 2.23. The van der Waals surface area contributed by atoms with Crippen LogP contribution in [0, 0.1) is 68.2 Å². The van der Waals surface area contributed by atoms with E-state index in [4.69, 9.17) is 0 Å². The van der Waals surface area contributed by atoms with E-state index in [0.717, 1.165) is 38.5 Å². The van der Waals surface area contributed by atoms with Gasteiger partial charge in [-0.2, -0.15) is 0 Å². The lowest BCUT2D eigenvalue weighted by atomic mass is 10.1. The zero-order valence-corrected chi connectivity index (χ0v) is 32.4. The molecule has 0 aliphatic carbocycles. The largest absolute Gasteiger partial charge is 0.358 e. The Balaban J connectivity index is 0.00000812. The zero-order valence-electron chi connectivity index (χ0n) is 31.6. The van der Waals surface area contributed by atoms with Gasteiger partial charge >= 0.3 is 23.3 Å². The van der Waals surface area contributed by atoms with Crippen LogP contribution in [0.4, 0.5) is 23.3 Å². The standard InChI is InChI=1S/C32H48N14O8.ClH/c1-25-33-21-29(43(47)48)39(25)17-13-37(14-18-40-26(2)34-22-30(40)44(49)50)11-9-7-5-6-8-10-12-38(15-19-41-27(3)35-23-31(41)45(51)52)16-20-42-28(4)36-24-32(42)46(53)54;/h21-24H,5-20H2,1-4H3;1H. The SMILES string of the molecule is Cc1ncc([N+](=O)[O-])n1CCN(CCCCCCCCN(CCn1c([N+](=O)[O-])cnc1C)CCn1c([N+](=O)[O-])cnc1C)CCn1c([N+](=O)[O-])cnc1C.Cl. The second kappa shape index (κ2) is 20.9. The minimum absolute atomic E-state index is 0. The van der Waals surface area contributed by atoms with Crippen LogP contribution in [-0.4, -0.2) is 107 Å². The van der Waals surface area contributed by atoms with Gasteiger partial charge < -0.3 is 40.5 Å². The molecule has 0 spiro atoms. The van der Waals surface area contributed by atoms with Crippen LogP contribution in [0.1, 0.15) is 61.8 Å². The summed E-state index contributed by atoms with van der Waals surface area (Å²) in [7, 11) is 0. The molecule has 0 atom stereocenters. The third-order valence-corrected chi connectivity index (χ3v) is 9.64. The van der Waals surface area contributed by atoms with Crippen molar-refractivity contribution in [3.05, 3.63) is 88.5 Å². The smallest absolute Gasteiger partial charge is 0.342 e. The molecule has 0 aliphatic heterocycles. The molecule has 22 nitrogen and oxygen atoms in total. The number of nitrogens with zero attached hydrogens (tertiary/aromatic N) is 14. The van der Waals surface area contributed by atoms with E-state index in [1.165, 1.54) is 24.8 Å². The molecule has 4 heterocycles. The van der Waals surface area contributed by atoms with Crippen molar-refractivity contribution in [3.8, 4) is 0 Å². The Bertz CT molecular complexity index is 1640. The molecular weight excluding hydrogens is 744 g/mol. The van der Waals surface area contributed by atoms with Crippen molar-refractivity contribution >= 4 is 35.7 Å². The van der Waals surface area contributed by atoms with Crippen LogP contribution in [0.3, 0.4) is 0 Å². The Morgan fingerprint density at radius 1 is 0.436 bits per heavy atom. The molecule has 0 amide bonds. The van der Waals surface area contributed by atoms with Gasteiger partial charge in [-0.3, -0.25) is 9.80 Å². The molecule has 0 unspecified atom stereocenters.